The molecule has 0 aromatic heterocycles. The van der Waals surface area contributed by atoms with Gasteiger partial charge < -0.3 is 9.80 Å². The van der Waals surface area contributed by atoms with E-state index in [0.29, 0.717) is 13.1 Å². The van der Waals surface area contributed by atoms with Gasteiger partial charge in [0.15, 0.2) is 0 Å². The minimum atomic E-state index is 0.0703. The van der Waals surface area contributed by atoms with Gasteiger partial charge in [-0.25, -0.2) is 0 Å². The monoisotopic (exact) mass is 314 g/mol. The van der Waals surface area contributed by atoms with Crippen LogP contribution in [0.15, 0.2) is 42.0 Å². The van der Waals surface area contributed by atoms with Crippen LogP contribution in [-0.2, 0) is 16.0 Å². The topological polar surface area (TPSA) is 40.6 Å². The third-order valence-electron chi connectivity index (χ3n) is 4.27. The number of carbonyl (C=O) groups excluding carboxylic acids is 2. The summed E-state index contributed by atoms with van der Waals surface area (Å²) < 4.78 is 0. The van der Waals surface area contributed by atoms with E-state index in [1.54, 1.807) is 13.0 Å². The van der Waals surface area contributed by atoms with Gasteiger partial charge >= 0.3 is 0 Å². The van der Waals surface area contributed by atoms with Crippen LogP contribution >= 0.6 is 0 Å². The molecule has 0 saturated carbocycles. The molecule has 2 rings (SSSR count). The van der Waals surface area contributed by atoms with Gasteiger partial charge in [0.2, 0.25) is 11.8 Å². The lowest BCUT2D eigenvalue weighted by molar-refractivity contribution is -0.130. The first-order valence-electron chi connectivity index (χ1n) is 8.32. The summed E-state index contributed by atoms with van der Waals surface area (Å²) in [6, 6.07) is 10.3. The number of allylic oxidation sites excluding steroid dienone is 1. The number of benzene rings is 1. The first-order chi connectivity index (χ1) is 11.1. The summed E-state index contributed by atoms with van der Waals surface area (Å²) in [4.78, 5) is 27.5. The highest BCUT2D eigenvalue weighted by molar-refractivity contribution is 5.88. The van der Waals surface area contributed by atoms with Crippen LogP contribution in [0, 0.1) is 0 Å². The molecule has 0 aliphatic carbocycles. The van der Waals surface area contributed by atoms with Gasteiger partial charge in [0.25, 0.3) is 0 Å². The molecule has 1 aliphatic rings. The summed E-state index contributed by atoms with van der Waals surface area (Å²) in [6.45, 7) is 6.34. The van der Waals surface area contributed by atoms with Crippen LogP contribution in [0.2, 0.25) is 0 Å². The Balaban J connectivity index is 1.85. The lowest BCUT2D eigenvalue weighted by atomic mass is 10.1. The van der Waals surface area contributed by atoms with Crippen LogP contribution < -0.4 is 0 Å². The normalized spacial score (nSPS) is 16.2. The van der Waals surface area contributed by atoms with Gasteiger partial charge in [-0.1, -0.05) is 35.9 Å². The molecule has 1 aromatic carbocycles. The van der Waals surface area contributed by atoms with Gasteiger partial charge in [-0.2, -0.15) is 0 Å². The molecule has 1 aromatic rings. The molecule has 0 unspecified atom stereocenters. The quantitative estimate of drug-likeness (QED) is 0.802. The SMILES string of the molecule is CC(=O)N1CCCN(C(=O)/C=C(\C)CCc2ccccc2)CC1. The van der Waals surface area contributed by atoms with E-state index in [-0.39, 0.29) is 11.8 Å². The van der Waals surface area contributed by atoms with Gasteiger partial charge in [0, 0.05) is 39.2 Å². The number of carbonyl (C=O) groups is 2. The van der Waals surface area contributed by atoms with E-state index in [1.807, 2.05) is 34.9 Å². The Morgan fingerprint density at radius 2 is 1.65 bits per heavy atom. The third-order valence-corrected chi connectivity index (χ3v) is 4.27. The Bertz CT molecular complexity index is 566. The maximum atomic E-state index is 12.4. The zero-order valence-corrected chi connectivity index (χ0v) is 14.1. The summed E-state index contributed by atoms with van der Waals surface area (Å²) in [7, 11) is 0. The van der Waals surface area contributed by atoms with Crippen LogP contribution in [0.4, 0.5) is 0 Å². The summed E-state index contributed by atoms with van der Waals surface area (Å²) in [6.07, 6.45) is 4.45. The fourth-order valence-corrected chi connectivity index (χ4v) is 2.81. The maximum Gasteiger partial charge on any atom is 0.246 e. The number of amides is 2. The number of aryl methyl sites for hydroxylation is 1. The second-order valence-electron chi connectivity index (χ2n) is 6.16. The smallest absolute Gasteiger partial charge is 0.246 e. The first-order valence-corrected chi connectivity index (χ1v) is 8.32. The van der Waals surface area contributed by atoms with Crippen molar-refractivity contribution < 1.29 is 9.59 Å². The van der Waals surface area contributed by atoms with E-state index in [4.69, 9.17) is 0 Å². The van der Waals surface area contributed by atoms with Crippen LogP contribution in [0.3, 0.4) is 0 Å². The van der Waals surface area contributed by atoms with Crippen molar-refractivity contribution in [3.63, 3.8) is 0 Å². The Labute approximate surface area is 138 Å². The van der Waals surface area contributed by atoms with Crippen LogP contribution in [-0.4, -0.2) is 47.8 Å². The number of rotatable bonds is 4. The molecular weight excluding hydrogens is 288 g/mol. The van der Waals surface area contributed by atoms with Crippen molar-refractivity contribution in [2.75, 3.05) is 26.2 Å². The molecule has 1 saturated heterocycles. The fourth-order valence-electron chi connectivity index (χ4n) is 2.81. The highest BCUT2D eigenvalue weighted by atomic mass is 16.2. The van der Waals surface area contributed by atoms with E-state index in [0.717, 1.165) is 37.9 Å². The Morgan fingerprint density at radius 1 is 1.00 bits per heavy atom. The molecule has 1 aliphatic heterocycles. The van der Waals surface area contributed by atoms with Crippen molar-refractivity contribution >= 4 is 11.8 Å². The molecule has 1 heterocycles. The summed E-state index contributed by atoms with van der Waals surface area (Å²) in [5.74, 6) is 0.162. The fraction of sp³-hybridized carbons (Fsp3) is 0.474. The minimum Gasteiger partial charge on any atom is -0.341 e. The predicted octanol–water partition coefficient (Wildman–Crippen LogP) is 2.65. The van der Waals surface area contributed by atoms with Gasteiger partial charge in [0.05, 0.1) is 0 Å². The van der Waals surface area contributed by atoms with Gasteiger partial charge in [-0.3, -0.25) is 9.59 Å². The largest absolute Gasteiger partial charge is 0.341 e. The van der Waals surface area contributed by atoms with Crippen molar-refractivity contribution in [2.45, 2.75) is 33.1 Å². The molecule has 0 bridgehead atoms. The standard InChI is InChI=1S/C19H26N2O2/c1-16(9-10-18-7-4-3-5-8-18)15-19(23)21-12-6-11-20(13-14-21)17(2)22/h3-5,7-8,15H,6,9-14H2,1-2H3/b16-15+. The molecule has 2 amide bonds. The lowest BCUT2D eigenvalue weighted by Crippen LogP contribution is -2.35. The number of nitrogens with zero attached hydrogens (tertiary/aromatic N) is 2. The minimum absolute atomic E-state index is 0.0703. The molecule has 0 atom stereocenters. The average molecular weight is 314 g/mol. The van der Waals surface area contributed by atoms with Crippen molar-refractivity contribution in [1.29, 1.82) is 0 Å². The summed E-state index contributed by atoms with van der Waals surface area (Å²) in [5, 5.41) is 0. The molecular formula is C19H26N2O2. The van der Waals surface area contributed by atoms with E-state index in [9.17, 15) is 9.59 Å². The zero-order valence-electron chi connectivity index (χ0n) is 14.1. The second kappa shape index (κ2) is 8.51. The van der Waals surface area contributed by atoms with Crippen molar-refractivity contribution in [3.8, 4) is 0 Å². The van der Waals surface area contributed by atoms with Crippen LogP contribution in [0.1, 0.15) is 32.3 Å². The maximum absolute atomic E-state index is 12.4. The molecule has 23 heavy (non-hydrogen) atoms. The Hall–Kier alpha value is -2.10. The lowest BCUT2D eigenvalue weighted by Gasteiger charge is -2.20. The Morgan fingerprint density at radius 3 is 2.35 bits per heavy atom. The summed E-state index contributed by atoms with van der Waals surface area (Å²) in [5.41, 5.74) is 2.39. The third kappa shape index (κ3) is 5.55. The predicted molar refractivity (Wildman–Crippen MR) is 92.0 cm³/mol. The van der Waals surface area contributed by atoms with Gasteiger partial charge in [0.1, 0.15) is 0 Å². The number of hydrogen-bond acceptors (Lipinski definition) is 2. The average Bonchev–Trinajstić information content (AvgIpc) is 2.80. The highest BCUT2D eigenvalue weighted by Crippen LogP contribution is 2.10. The molecule has 0 spiro atoms. The molecule has 124 valence electrons. The van der Waals surface area contributed by atoms with E-state index >= 15 is 0 Å². The number of hydrogen-bond donors (Lipinski definition) is 0. The van der Waals surface area contributed by atoms with Gasteiger partial charge in [-0.15, -0.1) is 0 Å². The first kappa shape index (κ1) is 17.3. The molecule has 4 nitrogen and oxygen atoms in total. The molecule has 0 N–H and O–H groups in total. The van der Waals surface area contributed by atoms with E-state index in [1.165, 1.54) is 5.56 Å². The van der Waals surface area contributed by atoms with Crippen molar-refractivity contribution in [2.24, 2.45) is 0 Å². The van der Waals surface area contributed by atoms with Crippen molar-refractivity contribution in [1.82, 2.24) is 9.80 Å². The highest BCUT2D eigenvalue weighted by Gasteiger charge is 2.19. The molecule has 0 radical (unpaired) electrons. The van der Waals surface area contributed by atoms with Crippen LogP contribution in [0.5, 0.6) is 0 Å². The van der Waals surface area contributed by atoms with Gasteiger partial charge in [-0.05, 0) is 31.7 Å². The molecule has 4 heteroatoms. The van der Waals surface area contributed by atoms with Crippen LogP contribution in [0.25, 0.3) is 0 Å². The Kier molecular flexibility index (Phi) is 6.39. The molecule has 1 fully saturated rings. The van der Waals surface area contributed by atoms with E-state index < -0.39 is 0 Å². The van der Waals surface area contributed by atoms with Crippen molar-refractivity contribution in [3.05, 3.63) is 47.5 Å². The second-order valence-corrected chi connectivity index (χ2v) is 6.16. The van der Waals surface area contributed by atoms with E-state index in [2.05, 4.69) is 12.1 Å². The summed E-state index contributed by atoms with van der Waals surface area (Å²) >= 11 is 0. The zero-order chi connectivity index (χ0) is 16.7.